The Bertz CT molecular complexity index is 1370. The largest absolute Gasteiger partial charge is 0.385 e. The fourth-order valence-corrected chi connectivity index (χ4v) is 5.07. The number of aromatic nitrogens is 6. The van der Waals surface area contributed by atoms with Crippen LogP contribution in [0.3, 0.4) is 0 Å². The Labute approximate surface area is 208 Å². The number of H-pyrrole nitrogens is 1. The Morgan fingerprint density at radius 2 is 1.78 bits per heavy atom. The predicted octanol–water partition coefficient (Wildman–Crippen LogP) is 5.71. The van der Waals surface area contributed by atoms with Crippen molar-refractivity contribution < 1.29 is 13.9 Å². The zero-order valence-corrected chi connectivity index (χ0v) is 20.4. The van der Waals surface area contributed by atoms with E-state index in [2.05, 4.69) is 39.2 Å². The van der Waals surface area contributed by atoms with Gasteiger partial charge in [-0.3, -0.25) is 5.10 Å². The molecule has 0 fully saturated rings. The van der Waals surface area contributed by atoms with E-state index in [0.29, 0.717) is 29.7 Å². The predicted molar refractivity (Wildman–Crippen MR) is 131 cm³/mol. The third-order valence-electron chi connectivity index (χ3n) is 7.22. The highest BCUT2D eigenvalue weighted by Gasteiger charge is 2.35. The SMILES string of the molecule is CCC1CC(c2cccc(-c3n[nH]c([C@H](O)CC)n3)n2)c2nnc(-c3c(F)cccc3F)cc2C1C. The molecule has 1 aromatic carbocycles. The van der Waals surface area contributed by atoms with Gasteiger partial charge in [0.25, 0.3) is 0 Å². The van der Waals surface area contributed by atoms with Crippen molar-refractivity contribution in [3.8, 4) is 22.8 Å². The van der Waals surface area contributed by atoms with Crippen molar-refractivity contribution in [2.75, 3.05) is 0 Å². The van der Waals surface area contributed by atoms with Gasteiger partial charge in [0.2, 0.25) is 0 Å². The van der Waals surface area contributed by atoms with Gasteiger partial charge in [0.1, 0.15) is 23.4 Å². The molecule has 4 aromatic rings. The number of benzene rings is 1. The van der Waals surface area contributed by atoms with Crippen molar-refractivity contribution in [2.24, 2.45) is 5.92 Å². The first-order valence-corrected chi connectivity index (χ1v) is 12.3. The molecule has 3 aromatic heterocycles. The van der Waals surface area contributed by atoms with Gasteiger partial charge in [0.05, 0.1) is 22.6 Å². The minimum absolute atomic E-state index is 0.132. The van der Waals surface area contributed by atoms with E-state index in [1.807, 2.05) is 25.1 Å². The normalized spacial score (nSPS) is 20.2. The van der Waals surface area contributed by atoms with Crippen LogP contribution in [0.25, 0.3) is 22.8 Å². The molecule has 7 nitrogen and oxygen atoms in total. The second-order valence-electron chi connectivity index (χ2n) is 9.33. The van der Waals surface area contributed by atoms with Gasteiger partial charge in [-0.1, -0.05) is 39.3 Å². The van der Waals surface area contributed by atoms with Crippen LogP contribution in [0, 0.1) is 17.6 Å². The lowest BCUT2D eigenvalue weighted by Crippen LogP contribution is -2.25. The Kier molecular flexibility index (Phi) is 6.57. The summed E-state index contributed by atoms with van der Waals surface area (Å²) >= 11 is 0. The van der Waals surface area contributed by atoms with Gasteiger partial charge in [-0.15, -0.1) is 5.10 Å². The average molecular weight is 491 g/mol. The second-order valence-corrected chi connectivity index (χ2v) is 9.33. The third kappa shape index (κ3) is 4.28. The summed E-state index contributed by atoms with van der Waals surface area (Å²) in [6, 6.07) is 11.2. The molecule has 0 bridgehead atoms. The fourth-order valence-electron chi connectivity index (χ4n) is 5.07. The van der Waals surface area contributed by atoms with Crippen LogP contribution in [0.1, 0.15) is 80.7 Å². The standard InChI is InChI=1S/C27H28F2N6O/c1-4-15-12-17(20-10-7-11-21(30-20)26-31-27(35-34-26)23(36)5-2)25-16(14(15)3)13-22(32-33-25)24-18(28)8-6-9-19(24)29/h6-11,13-15,17,23,36H,4-5,12H2,1-3H3,(H,31,34,35)/t14?,15?,17?,23-/m1/s1. The van der Waals surface area contributed by atoms with Crippen molar-refractivity contribution in [2.45, 2.75) is 58.0 Å². The first-order valence-electron chi connectivity index (χ1n) is 12.3. The number of aliphatic hydroxyl groups excluding tert-OH is 1. The number of rotatable bonds is 6. The Morgan fingerprint density at radius 3 is 2.50 bits per heavy atom. The number of pyridine rings is 1. The number of aliphatic hydroxyl groups is 1. The van der Waals surface area contributed by atoms with Crippen LogP contribution in [-0.2, 0) is 0 Å². The average Bonchev–Trinajstić information content (AvgIpc) is 3.39. The van der Waals surface area contributed by atoms with Crippen LogP contribution < -0.4 is 0 Å². The number of hydrogen-bond acceptors (Lipinski definition) is 6. The molecule has 3 unspecified atom stereocenters. The summed E-state index contributed by atoms with van der Waals surface area (Å²) < 4.78 is 29.0. The zero-order chi connectivity index (χ0) is 25.4. The molecule has 0 spiro atoms. The van der Waals surface area contributed by atoms with Crippen LogP contribution in [-0.4, -0.2) is 35.5 Å². The maximum absolute atomic E-state index is 14.5. The van der Waals surface area contributed by atoms with Gasteiger partial charge in [-0.25, -0.2) is 18.7 Å². The van der Waals surface area contributed by atoms with E-state index in [0.717, 1.165) is 29.8 Å². The molecule has 0 saturated carbocycles. The maximum atomic E-state index is 14.5. The topological polar surface area (TPSA) is 100 Å². The lowest BCUT2D eigenvalue weighted by molar-refractivity contribution is 0.164. The van der Waals surface area contributed by atoms with Gasteiger partial charge in [0, 0.05) is 5.92 Å². The molecule has 0 saturated heterocycles. The third-order valence-corrected chi connectivity index (χ3v) is 7.22. The van der Waals surface area contributed by atoms with Crippen molar-refractivity contribution in [1.82, 2.24) is 30.4 Å². The summed E-state index contributed by atoms with van der Waals surface area (Å²) in [6.07, 6.45) is 1.59. The van der Waals surface area contributed by atoms with Crippen LogP contribution >= 0.6 is 0 Å². The van der Waals surface area contributed by atoms with E-state index >= 15 is 0 Å². The number of halogens is 2. The molecule has 0 amide bonds. The summed E-state index contributed by atoms with van der Waals surface area (Å²) in [5.74, 6) is -0.152. The van der Waals surface area contributed by atoms with Crippen LogP contribution in [0.2, 0.25) is 0 Å². The van der Waals surface area contributed by atoms with Crippen LogP contribution in [0.4, 0.5) is 8.78 Å². The maximum Gasteiger partial charge on any atom is 0.199 e. The molecule has 36 heavy (non-hydrogen) atoms. The summed E-state index contributed by atoms with van der Waals surface area (Å²) in [4.78, 5) is 9.26. The number of nitrogens with zero attached hydrogens (tertiary/aromatic N) is 5. The molecule has 0 aliphatic heterocycles. The smallest absolute Gasteiger partial charge is 0.199 e. The van der Waals surface area contributed by atoms with Crippen molar-refractivity contribution >= 4 is 0 Å². The van der Waals surface area contributed by atoms with E-state index in [9.17, 15) is 13.9 Å². The lowest BCUT2D eigenvalue weighted by atomic mass is 9.71. The summed E-state index contributed by atoms with van der Waals surface area (Å²) in [6.45, 7) is 6.14. The van der Waals surface area contributed by atoms with Gasteiger partial charge >= 0.3 is 0 Å². The van der Waals surface area contributed by atoms with Crippen LogP contribution in [0.5, 0.6) is 0 Å². The zero-order valence-electron chi connectivity index (χ0n) is 20.4. The molecule has 2 N–H and O–H groups in total. The molecule has 1 aliphatic carbocycles. The second kappa shape index (κ2) is 9.81. The molecule has 9 heteroatoms. The highest BCUT2D eigenvalue weighted by atomic mass is 19.1. The highest BCUT2D eigenvalue weighted by molar-refractivity contribution is 5.62. The van der Waals surface area contributed by atoms with Gasteiger partial charge < -0.3 is 5.11 Å². The molecule has 186 valence electrons. The van der Waals surface area contributed by atoms with E-state index in [1.165, 1.54) is 18.2 Å². The van der Waals surface area contributed by atoms with Gasteiger partial charge in [-0.2, -0.15) is 10.2 Å². The van der Waals surface area contributed by atoms with Crippen molar-refractivity contribution in [3.63, 3.8) is 0 Å². The number of nitrogens with one attached hydrogen (secondary N) is 1. The monoisotopic (exact) mass is 490 g/mol. The lowest BCUT2D eigenvalue weighted by Gasteiger charge is -2.35. The Morgan fingerprint density at radius 1 is 1.03 bits per heavy atom. The Balaban J connectivity index is 1.56. The molecule has 3 heterocycles. The first kappa shape index (κ1) is 24.1. The molecular formula is C27H28F2N6O. The van der Waals surface area contributed by atoms with E-state index in [1.54, 1.807) is 6.07 Å². The number of fused-ring (bicyclic) bond motifs is 1. The van der Waals surface area contributed by atoms with E-state index in [-0.39, 0.29) is 23.1 Å². The summed E-state index contributed by atoms with van der Waals surface area (Å²) in [7, 11) is 0. The number of aromatic amines is 1. The Hall–Kier alpha value is -3.59. The van der Waals surface area contributed by atoms with Gasteiger partial charge in [-0.05, 0) is 60.6 Å². The quantitative estimate of drug-likeness (QED) is 0.359. The van der Waals surface area contributed by atoms with Gasteiger partial charge in [0.15, 0.2) is 11.6 Å². The minimum Gasteiger partial charge on any atom is -0.385 e. The van der Waals surface area contributed by atoms with Crippen LogP contribution in [0.15, 0.2) is 42.5 Å². The van der Waals surface area contributed by atoms with Crippen molar-refractivity contribution in [1.29, 1.82) is 0 Å². The molecule has 4 atom stereocenters. The fraction of sp³-hybridized carbons (Fsp3) is 0.370. The minimum atomic E-state index is -0.713. The molecular weight excluding hydrogens is 462 g/mol. The number of hydrogen-bond donors (Lipinski definition) is 2. The summed E-state index contributed by atoms with van der Waals surface area (Å²) in [5.41, 5.74) is 3.13. The molecule has 5 rings (SSSR count). The van der Waals surface area contributed by atoms with Crippen molar-refractivity contribution in [3.05, 3.63) is 76.9 Å². The summed E-state index contributed by atoms with van der Waals surface area (Å²) in [5, 5.41) is 25.8. The molecule has 0 radical (unpaired) electrons. The molecule has 1 aliphatic rings. The first-order chi connectivity index (χ1) is 17.4. The van der Waals surface area contributed by atoms with E-state index < -0.39 is 17.7 Å². The van der Waals surface area contributed by atoms with E-state index in [4.69, 9.17) is 4.98 Å². The highest BCUT2D eigenvalue weighted by Crippen LogP contribution is 2.46.